The highest BCUT2D eigenvalue weighted by Gasteiger charge is 2.27. The first kappa shape index (κ1) is 24.4. The molecule has 0 spiro atoms. The molecule has 2 fully saturated rings. The number of halogens is 1. The van der Waals surface area contributed by atoms with Crippen LogP contribution in [0.5, 0.6) is 0 Å². The lowest BCUT2D eigenvalue weighted by Gasteiger charge is -2.40. The van der Waals surface area contributed by atoms with E-state index in [4.69, 9.17) is 16.3 Å². The van der Waals surface area contributed by atoms with E-state index in [9.17, 15) is 14.4 Å². The molecule has 1 atom stereocenters. The van der Waals surface area contributed by atoms with Crippen molar-refractivity contribution in [2.24, 2.45) is 0 Å². The first-order valence-corrected chi connectivity index (χ1v) is 12.0. The normalized spacial score (nSPS) is 19.2. The van der Waals surface area contributed by atoms with Crippen LogP contribution in [0.1, 0.15) is 20.8 Å². The SMILES string of the molecule is CCOC(=O)N1CCN(C(=O)CSc2nc(Cl)cc(N3CCN(C(C)=O)C(C)C3)n2)CC1. The van der Waals surface area contributed by atoms with Crippen LogP contribution in [0.3, 0.4) is 0 Å². The fourth-order valence-corrected chi connectivity index (χ4v) is 4.80. The van der Waals surface area contributed by atoms with Crippen LogP contribution in [0.25, 0.3) is 0 Å². The highest BCUT2D eigenvalue weighted by atomic mass is 35.5. The van der Waals surface area contributed by atoms with Crippen molar-refractivity contribution in [3.05, 3.63) is 11.2 Å². The molecule has 32 heavy (non-hydrogen) atoms. The summed E-state index contributed by atoms with van der Waals surface area (Å²) in [6, 6.07) is 1.78. The Labute approximate surface area is 197 Å². The van der Waals surface area contributed by atoms with Crippen LogP contribution >= 0.6 is 23.4 Å². The quantitative estimate of drug-likeness (QED) is 0.353. The topological polar surface area (TPSA) is 99.2 Å². The summed E-state index contributed by atoms with van der Waals surface area (Å²) in [5.41, 5.74) is 0. The van der Waals surface area contributed by atoms with E-state index in [1.807, 2.05) is 11.8 Å². The molecular weight excluding hydrogens is 456 g/mol. The number of hydrogen-bond acceptors (Lipinski definition) is 8. The molecule has 0 aromatic carbocycles. The molecule has 1 aromatic heterocycles. The zero-order chi connectivity index (χ0) is 23.3. The minimum Gasteiger partial charge on any atom is -0.450 e. The number of rotatable bonds is 5. The summed E-state index contributed by atoms with van der Waals surface area (Å²) in [6.07, 6.45) is -0.340. The van der Waals surface area contributed by atoms with Gasteiger partial charge in [-0.3, -0.25) is 9.59 Å². The van der Waals surface area contributed by atoms with Crippen molar-refractivity contribution >= 4 is 47.1 Å². The molecule has 3 rings (SSSR count). The maximum absolute atomic E-state index is 12.6. The van der Waals surface area contributed by atoms with E-state index in [2.05, 4.69) is 14.9 Å². The van der Waals surface area contributed by atoms with Crippen LogP contribution < -0.4 is 4.90 Å². The minimum absolute atomic E-state index is 0.0349. The second kappa shape index (κ2) is 11.0. The Kier molecular flexibility index (Phi) is 8.41. The molecule has 1 aromatic rings. The molecule has 2 aliphatic rings. The minimum atomic E-state index is -0.340. The van der Waals surface area contributed by atoms with E-state index in [1.165, 1.54) is 11.8 Å². The van der Waals surface area contributed by atoms with Gasteiger partial charge in [-0.15, -0.1) is 0 Å². The van der Waals surface area contributed by atoms with Crippen LogP contribution in [0.4, 0.5) is 10.6 Å². The summed E-state index contributed by atoms with van der Waals surface area (Å²) in [7, 11) is 0. The smallest absolute Gasteiger partial charge is 0.409 e. The van der Waals surface area contributed by atoms with Crippen LogP contribution in [0, 0.1) is 0 Å². The van der Waals surface area contributed by atoms with Crippen molar-refractivity contribution in [1.82, 2.24) is 24.7 Å². The maximum Gasteiger partial charge on any atom is 0.409 e. The van der Waals surface area contributed by atoms with E-state index in [0.29, 0.717) is 68.5 Å². The Morgan fingerprint density at radius 1 is 1.12 bits per heavy atom. The predicted molar refractivity (Wildman–Crippen MR) is 122 cm³/mol. The van der Waals surface area contributed by atoms with Gasteiger partial charge in [0.05, 0.1) is 12.4 Å². The number of amides is 3. The number of thioether (sulfide) groups is 1. The highest BCUT2D eigenvalue weighted by Crippen LogP contribution is 2.24. The monoisotopic (exact) mass is 484 g/mol. The van der Waals surface area contributed by atoms with Gasteiger partial charge in [-0.25, -0.2) is 14.8 Å². The fourth-order valence-electron chi connectivity index (χ4n) is 3.82. The molecular formula is C20H29ClN6O4S. The zero-order valence-electron chi connectivity index (χ0n) is 18.6. The van der Waals surface area contributed by atoms with Crippen LogP contribution in [0.2, 0.25) is 5.15 Å². The molecule has 0 radical (unpaired) electrons. The lowest BCUT2D eigenvalue weighted by atomic mass is 10.2. The molecule has 12 heteroatoms. The Bertz CT molecular complexity index is 851. The molecule has 0 N–H and O–H groups in total. The standard InChI is InChI=1S/C20H29ClN6O4S/c1-4-31-20(30)25-7-5-24(6-8-25)18(29)13-32-19-22-16(21)11-17(23-19)26-9-10-27(15(3)28)14(2)12-26/h11,14H,4-10,12-13H2,1-3H3. The maximum atomic E-state index is 12.6. The average Bonchev–Trinajstić information content (AvgIpc) is 2.77. The Morgan fingerprint density at radius 3 is 2.44 bits per heavy atom. The first-order valence-electron chi connectivity index (χ1n) is 10.7. The van der Waals surface area contributed by atoms with Gasteiger partial charge in [0.2, 0.25) is 11.8 Å². The molecule has 0 saturated carbocycles. The largest absolute Gasteiger partial charge is 0.450 e. The van der Waals surface area contributed by atoms with Crippen molar-refractivity contribution in [2.75, 3.05) is 63.1 Å². The summed E-state index contributed by atoms with van der Waals surface area (Å²) in [6.45, 7) is 9.48. The van der Waals surface area contributed by atoms with Gasteiger partial charge in [0.1, 0.15) is 11.0 Å². The van der Waals surface area contributed by atoms with E-state index in [-0.39, 0.29) is 29.7 Å². The second-order valence-electron chi connectivity index (χ2n) is 7.69. The van der Waals surface area contributed by atoms with Gasteiger partial charge in [-0.2, -0.15) is 0 Å². The lowest BCUT2D eigenvalue weighted by molar-refractivity contribution is -0.131. The van der Waals surface area contributed by atoms with E-state index in [0.717, 1.165) is 0 Å². The third-order valence-corrected chi connectivity index (χ3v) is 6.53. The molecule has 2 aliphatic heterocycles. The summed E-state index contributed by atoms with van der Waals surface area (Å²) < 4.78 is 5.01. The summed E-state index contributed by atoms with van der Waals surface area (Å²) >= 11 is 7.46. The molecule has 0 aliphatic carbocycles. The number of ether oxygens (including phenoxy) is 1. The average molecular weight is 485 g/mol. The van der Waals surface area contributed by atoms with Crippen molar-refractivity contribution in [3.8, 4) is 0 Å². The Hall–Kier alpha value is -2.27. The molecule has 10 nitrogen and oxygen atoms in total. The number of aromatic nitrogens is 2. The van der Waals surface area contributed by atoms with Crippen molar-refractivity contribution in [3.63, 3.8) is 0 Å². The third-order valence-electron chi connectivity index (χ3n) is 5.50. The summed E-state index contributed by atoms with van der Waals surface area (Å²) in [5, 5.41) is 0.752. The fraction of sp³-hybridized carbons (Fsp3) is 0.650. The van der Waals surface area contributed by atoms with Gasteiger partial charge in [-0.05, 0) is 13.8 Å². The number of nitrogens with zero attached hydrogens (tertiary/aromatic N) is 6. The molecule has 3 amide bonds. The number of carbonyl (C=O) groups excluding carboxylic acids is 3. The Morgan fingerprint density at radius 2 is 1.81 bits per heavy atom. The molecule has 3 heterocycles. The van der Waals surface area contributed by atoms with Crippen LogP contribution in [-0.4, -0.2) is 107 Å². The van der Waals surface area contributed by atoms with Gasteiger partial charge in [0.15, 0.2) is 5.16 Å². The van der Waals surface area contributed by atoms with Crippen molar-refractivity contribution < 1.29 is 19.1 Å². The predicted octanol–water partition coefficient (Wildman–Crippen LogP) is 1.58. The molecule has 1 unspecified atom stereocenters. The van der Waals surface area contributed by atoms with Crippen molar-refractivity contribution in [1.29, 1.82) is 0 Å². The van der Waals surface area contributed by atoms with Gasteiger partial charge >= 0.3 is 6.09 Å². The highest BCUT2D eigenvalue weighted by molar-refractivity contribution is 7.99. The molecule has 176 valence electrons. The van der Waals surface area contributed by atoms with Gasteiger partial charge in [-0.1, -0.05) is 23.4 Å². The van der Waals surface area contributed by atoms with Crippen LogP contribution in [-0.2, 0) is 14.3 Å². The van der Waals surface area contributed by atoms with E-state index < -0.39 is 0 Å². The lowest BCUT2D eigenvalue weighted by Crippen LogP contribution is -2.53. The number of carbonyl (C=O) groups is 3. The number of piperazine rings is 2. The van der Waals surface area contributed by atoms with E-state index in [1.54, 1.807) is 29.7 Å². The Balaban J connectivity index is 1.54. The second-order valence-corrected chi connectivity index (χ2v) is 9.02. The summed E-state index contributed by atoms with van der Waals surface area (Å²) in [4.78, 5) is 52.2. The molecule has 2 saturated heterocycles. The zero-order valence-corrected chi connectivity index (χ0v) is 20.2. The molecule has 0 bridgehead atoms. The third kappa shape index (κ3) is 6.16. The van der Waals surface area contributed by atoms with Crippen LogP contribution in [0.15, 0.2) is 11.2 Å². The van der Waals surface area contributed by atoms with Crippen molar-refractivity contribution in [2.45, 2.75) is 32.0 Å². The first-order chi connectivity index (χ1) is 15.3. The van der Waals surface area contributed by atoms with E-state index >= 15 is 0 Å². The van der Waals surface area contributed by atoms with Gasteiger partial charge in [0, 0.05) is 64.8 Å². The van der Waals surface area contributed by atoms with Gasteiger partial charge in [0.25, 0.3) is 0 Å². The number of anilines is 1. The summed E-state index contributed by atoms with van der Waals surface area (Å²) in [5.74, 6) is 0.911. The number of hydrogen-bond donors (Lipinski definition) is 0. The van der Waals surface area contributed by atoms with Gasteiger partial charge < -0.3 is 24.3 Å².